The van der Waals surface area contributed by atoms with E-state index in [9.17, 15) is 0 Å². The van der Waals surface area contributed by atoms with Gasteiger partial charge in [-0.2, -0.15) is 5.10 Å². The number of aromatic amines is 1. The summed E-state index contributed by atoms with van der Waals surface area (Å²) in [5.41, 5.74) is 0.940. The predicted octanol–water partition coefficient (Wildman–Crippen LogP) is 0.934. The molecular weight excluding hydrogens is 168 g/mol. The molecule has 0 amide bonds. The summed E-state index contributed by atoms with van der Waals surface area (Å²) in [7, 11) is 0. The Labute approximate surface area is 75.1 Å². The van der Waals surface area contributed by atoms with Crippen LogP contribution in [0.5, 0.6) is 5.75 Å². The molecular formula is C9H10N2O2. The molecule has 0 saturated heterocycles. The van der Waals surface area contributed by atoms with Gasteiger partial charge in [0, 0.05) is 11.5 Å². The zero-order valence-electron chi connectivity index (χ0n) is 7.03. The minimum Gasteiger partial charge on any atom is -0.491 e. The van der Waals surface area contributed by atoms with Crippen LogP contribution in [0.1, 0.15) is 0 Å². The number of benzene rings is 1. The summed E-state index contributed by atoms with van der Waals surface area (Å²) in [6.45, 7) is 0.348. The number of rotatable bonds is 3. The van der Waals surface area contributed by atoms with Crippen molar-refractivity contribution in [2.45, 2.75) is 0 Å². The Kier molecular flexibility index (Phi) is 2.14. The van der Waals surface area contributed by atoms with Gasteiger partial charge < -0.3 is 9.84 Å². The van der Waals surface area contributed by atoms with E-state index in [1.807, 2.05) is 18.2 Å². The fourth-order valence-electron chi connectivity index (χ4n) is 1.17. The van der Waals surface area contributed by atoms with E-state index in [1.54, 1.807) is 6.20 Å². The third kappa shape index (κ3) is 1.62. The summed E-state index contributed by atoms with van der Waals surface area (Å²) in [6, 6.07) is 5.64. The van der Waals surface area contributed by atoms with Crippen molar-refractivity contribution in [3.05, 3.63) is 24.4 Å². The number of aromatic nitrogens is 2. The van der Waals surface area contributed by atoms with Crippen molar-refractivity contribution in [2.75, 3.05) is 13.2 Å². The Morgan fingerprint density at radius 1 is 1.46 bits per heavy atom. The Balaban J connectivity index is 2.26. The van der Waals surface area contributed by atoms with E-state index in [2.05, 4.69) is 10.2 Å². The second-order valence-corrected chi connectivity index (χ2v) is 2.69. The SMILES string of the molecule is OCCOc1ccc2cn[nH]c2c1. The molecule has 0 unspecified atom stereocenters. The van der Waals surface area contributed by atoms with Crippen molar-refractivity contribution in [1.29, 1.82) is 0 Å². The molecule has 2 aromatic rings. The van der Waals surface area contributed by atoms with E-state index in [0.717, 1.165) is 16.7 Å². The number of aliphatic hydroxyl groups excluding tert-OH is 1. The molecule has 4 nitrogen and oxygen atoms in total. The molecule has 68 valence electrons. The molecule has 0 aliphatic rings. The normalized spacial score (nSPS) is 10.5. The van der Waals surface area contributed by atoms with Crippen molar-refractivity contribution >= 4 is 10.9 Å². The standard InChI is InChI=1S/C9H10N2O2/c12-3-4-13-8-2-1-7-6-10-11-9(7)5-8/h1-2,5-6,12H,3-4H2,(H,10,11). The fraction of sp³-hybridized carbons (Fsp3) is 0.222. The molecule has 0 aliphatic heterocycles. The molecule has 0 radical (unpaired) electrons. The lowest BCUT2D eigenvalue weighted by Crippen LogP contribution is -2.01. The highest BCUT2D eigenvalue weighted by Crippen LogP contribution is 2.18. The maximum Gasteiger partial charge on any atom is 0.121 e. The van der Waals surface area contributed by atoms with Gasteiger partial charge in [-0.3, -0.25) is 5.10 Å². The molecule has 1 aromatic heterocycles. The second kappa shape index (κ2) is 3.45. The molecule has 1 aromatic carbocycles. The Morgan fingerprint density at radius 2 is 2.38 bits per heavy atom. The molecule has 13 heavy (non-hydrogen) atoms. The first-order valence-electron chi connectivity index (χ1n) is 4.07. The number of ether oxygens (including phenoxy) is 1. The second-order valence-electron chi connectivity index (χ2n) is 2.69. The smallest absolute Gasteiger partial charge is 0.121 e. The Morgan fingerprint density at radius 3 is 3.23 bits per heavy atom. The van der Waals surface area contributed by atoms with Crippen molar-refractivity contribution in [1.82, 2.24) is 10.2 Å². The van der Waals surface area contributed by atoms with E-state index in [0.29, 0.717) is 6.61 Å². The summed E-state index contributed by atoms with van der Waals surface area (Å²) >= 11 is 0. The average molecular weight is 178 g/mol. The van der Waals surface area contributed by atoms with Gasteiger partial charge in [0.2, 0.25) is 0 Å². The van der Waals surface area contributed by atoms with Gasteiger partial charge in [0.15, 0.2) is 0 Å². The molecule has 2 N–H and O–H groups in total. The zero-order valence-corrected chi connectivity index (χ0v) is 7.03. The maximum absolute atomic E-state index is 8.56. The van der Waals surface area contributed by atoms with Crippen LogP contribution < -0.4 is 4.74 Å². The summed E-state index contributed by atoms with van der Waals surface area (Å²) in [5.74, 6) is 0.741. The van der Waals surface area contributed by atoms with Crippen LogP contribution in [-0.4, -0.2) is 28.5 Å². The third-order valence-electron chi connectivity index (χ3n) is 1.77. The van der Waals surface area contributed by atoms with Gasteiger partial charge in [0.25, 0.3) is 0 Å². The van der Waals surface area contributed by atoms with Gasteiger partial charge in [0.05, 0.1) is 18.3 Å². The van der Waals surface area contributed by atoms with Gasteiger partial charge in [-0.1, -0.05) is 0 Å². The third-order valence-corrected chi connectivity index (χ3v) is 1.77. The predicted molar refractivity (Wildman–Crippen MR) is 48.7 cm³/mol. The Hall–Kier alpha value is -1.55. The monoisotopic (exact) mass is 178 g/mol. The highest BCUT2D eigenvalue weighted by molar-refractivity contribution is 5.79. The molecule has 0 saturated carbocycles. The minimum atomic E-state index is 0.0288. The highest BCUT2D eigenvalue weighted by atomic mass is 16.5. The molecule has 2 rings (SSSR count). The number of aliphatic hydroxyl groups is 1. The summed E-state index contributed by atoms with van der Waals surface area (Å²) < 4.78 is 5.23. The van der Waals surface area contributed by atoms with Gasteiger partial charge >= 0.3 is 0 Å². The quantitative estimate of drug-likeness (QED) is 0.735. The summed E-state index contributed by atoms with van der Waals surface area (Å²) in [6.07, 6.45) is 1.76. The van der Waals surface area contributed by atoms with Crippen LogP contribution in [0, 0.1) is 0 Å². The van der Waals surface area contributed by atoms with Gasteiger partial charge in [-0.15, -0.1) is 0 Å². The van der Waals surface area contributed by atoms with Crippen LogP contribution in [0.2, 0.25) is 0 Å². The molecule has 0 spiro atoms. The summed E-state index contributed by atoms with van der Waals surface area (Å²) in [5, 5.41) is 16.3. The van der Waals surface area contributed by atoms with Crippen LogP contribution >= 0.6 is 0 Å². The van der Waals surface area contributed by atoms with Crippen LogP contribution in [0.15, 0.2) is 24.4 Å². The molecule has 0 bridgehead atoms. The van der Waals surface area contributed by atoms with E-state index in [4.69, 9.17) is 9.84 Å². The fourth-order valence-corrected chi connectivity index (χ4v) is 1.17. The number of H-pyrrole nitrogens is 1. The van der Waals surface area contributed by atoms with E-state index >= 15 is 0 Å². The van der Waals surface area contributed by atoms with Crippen molar-refractivity contribution in [2.24, 2.45) is 0 Å². The first kappa shape index (κ1) is 8.07. The lowest BCUT2D eigenvalue weighted by atomic mass is 10.2. The number of nitrogens with zero attached hydrogens (tertiary/aromatic N) is 1. The number of hydrogen-bond donors (Lipinski definition) is 2. The van der Waals surface area contributed by atoms with Crippen LogP contribution in [0.3, 0.4) is 0 Å². The van der Waals surface area contributed by atoms with Gasteiger partial charge in [0.1, 0.15) is 12.4 Å². The van der Waals surface area contributed by atoms with Crippen molar-refractivity contribution < 1.29 is 9.84 Å². The van der Waals surface area contributed by atoms with Crippen molar-refractivity contribution in [3.63, 3.8) is 0 Å². The lowest BCUT2D eigenvalue weighted by Gasteiger charge is -2.02. The molecule has 4 heteroatoms. The highest BCUT2D eigenvalue weighted by Gasteiger charge is 1.97. The number of nitrogens with one attached hydrogen (secondary N) is 1. The molecule has 0 aliphatic carbocycles. The minimum absolute atomic E-state index is 0.0288. The van der Waals surface area contributed by atoms with Crippen LogP contribution in [-0.2, 0) is 0 Å². The van der Waals surface area contributed by atoms with E-state index in [1.165, 1.54) is 0 Å². The first-order chi connectivity index (χ1) is 6.40. The molecule has 1 heterocycles. The van der Waals surface area contributed by atoms with Crippen molar-refractivity contribution in [3.8, 4) is 5.75 Å². The van der Waals surface area contributed by atoms with E-state index in [-0.39, 0.29) is 6.61 Å². The average Bonchev–Trinajstić information content (AvgIpc) is 2.61. The molecule has 0 atom stereocenters. The summed E-state index contributed by atoms with van der Waals surface area (Å²) in [4.78, 5) is 0. The van der Waals surface area contributed by atoms with E-state index < -0.39 is 0 Å². The topological polar surface area (TPSA) is 58.1 Å². The Bertz CT molecular complexity index is 397. The van der Waals surface area contributed by atoms with Crippen LogP contribution in [0.4, 0.5) is 0 Å². The van der Waals surface area contributed by atoms with Crippen LogP contribution in [0.25, 0.3) is 10.9 Å². The molecule has 0 fully saturated rings. The van der Waals surface area contributed by atoms with Gasteiger partial charge in [-0.25, -0.2) is 0 Å². The number of fused-ring (bicyclic) bond motifs is 1. The zero-order chi connectivity index (χ0) is 9.10. The first-order valence-corrected chi connectivity index (χ1v) is 4.07. The number of hydrogen-bond acceptors (Lipinski definition) is 3. The van der Waals surface area contributed by atoms with Gasteiger partial charge in [-0.05, 0) is 12.1 Å². The lowest BCUT2D eigenvalue weighted by molar-refractivity contribution is 0.201. The maximum atomic E-state index is 8.56. The largest absolute Gasteiger partial charge is 0.491 e.